The van der Waals surface area contributed by atoms with Crippen LogP contribution in [0.15, 0.2) is 12.7 Å². The fourth-order valence-corrected chi connectivity index (χ4v) is 1.93. The molecule has 1 rings (SSSR count). The van der Waals surface area contributed by atoms with Crippen LogP contribution < -0.4 is 0 Å². The molecule has 0 amide bonds. The lowest BCUT2D eigenvalue weighted by Gasteiger charge is -2.34. The van der Waals surface area contributed by atoms with E-state index in [9.17, 15) is 9.90 Å². The minimum Gasteiger partial charge on any atom is -0.462 e. The first kappa shape index (κ1) is 11.2. The van der Waals surface area contributed by atoms with E-state index in [1.54, 1.807) is 0 Å². The highest BCUT2D eigenvalue weighted by atomic mass is 16.5. The highest BCUT2D eigenvalue weighted by molar-refractivity contribution is 5.81. The van der Waals surface area contributed by atoms with Gasteiger partial charge in [-0.05, 0) is 12.8 Å². The van der Waals surface area contributed by atoms with Crippen LogP contribution in [-0.4, -0.2) is 24.3 Å². The number of aliphatic hydroxyl groups excluding tert-OH is 1. The molecular formula is C11H18O3. The Morgan fingerprint density at radius 3 is 2.57 bits per heavy atom. The maximum absolute atomic E-state index is 10.9. The molecule has 0 aromatic heterocycles. The average Bonchev–Trinajstić information content (AvgIpc) is 2.27. The molecule has 3 heteroatoms. The normalized spacial score (nSPS) is 20.1. The number of esters is 1. The Hall–Kier alpha value is -0.830. The van der Waals surface area contributed by atoms with Gasteiger partial charge in [-0.2, -0.15) is 0 Å². The summed E-state index contributed by atoms with van der Waals surface area (Å²) in [5.41, 5.74) is -0.184. The summed E-state index contributed by atoms with van der Waals surface area (Å²) in [6, 6.07) is 0. The molecule has 1 fully saturated rings. The van der Waals surface area contributed by atoms with Crippen molar-refractivity contribution < 1.29 is 14.6 Å². The summed E-state index contributed by atoms with van der Waals surface area (Å²) >= 11 is 0. The molecule has 0 aromatic carbocycles. The Balaban J connectivity index is 2.43. The number of rotatable bonds is 4. The highest BCUT2D eigenvalue weighted by Crippen LogP contribution is 2.35. The van der Waals surface area contributed by atoms with Crippen LogP contribution >= 0.6 is 0 Å². The third-order valence-corrected chi connectivity index (χ3v) is 2.94. The number of hydrogen-bond donors (Lipinski definition) is 1. The Morgan fingerprint density at radius 2 is 2.07 bits per heavy atom. The van der Waals surface area contributed by atoms with Gasteiger partial charge in [0.15, 0.2) is 0 Å². The van der Waals surface area contributed by atoms with E-state index in [4.69, 9.17) is 4.74 Å². The molecule has 3 nitrogen and oxygen atoms in total. The van der Waals surface area contributed by atoms with E-state index in [-0.39, 0.29) is 12.0 Å². The molecule has 0 saturated heterocycles. The van der Waals surface area contributed by atoms with Gasteiger partial charge in [0.05, 0.1) is 13.2 Å². The van der Waals surface area contributed by atoms with E-state index in [1.165, 1.54) is 6.42 Å². The minimum atomic E-state index is -0.400. The molecule has 0 radical (unpaired) electrons. The van der Waals surface area contributed by atoms with Gasteiger partial charge in [-0.25, -0.2) is 4.79 Å². The number of aliphatic hydroxyl groups is 1. The second kappa shape index (κ2) is 5.15. The molecule has 1 N–H and O–H groups in total. The van der Waals surface area contributed by atoms with Gasteiger partial charge in [-0.15, -0.1) is 0 Å². The fourth-order valence-electron chi connectivity index (χ4n) is 1.93. The van der Waals surface area contributed by atoms with Gasteiger partial charge in [0.2, 0.25) is 0 Å². The molecule has 0 spiro atoms. The zero-order chi connectivity index (χ0) is 10.4. The van der Waals surface area contributed by atoms with Crippen LogP contribution in [-0.2, 0) is 9.53 Å². The quantitative estimate of drug-likeness (QED) is 0.552. The van der Waals surface area contributed by atoms with E-state index in [1.807, 2.05) is 0 Å². The van der Waals surface area contributed by atoms with E-state index in [2.05, 4.69) is 6.58 Å². The van der Waals surface area contributed by atoms with Crippen molar-refractivity contribution in [2.45, 2.75) is 32.1 Å². The molecule has 0 atom stereocenters. The molecule has 1 aliphatic rings. The monoisotopic (exact) mass is 198 g/mol. The third kappa shape index (κ3) is 2.84. The van der Waals surface area contributed by atoms with E-state index < -0.39 is 5.97 Å². The molecule has 0 heterocycles. The first-order valence-electron chi connectivity index (χ1n) is 5.12. The SMILES string of the molecule is C=CC(=O)OCC1(CO)CCCCC1. The number of hydrogen-bond acceptors (Lipinski definition) is 3. The second-order valence-corrected chi connectivity index (χ2v) is 4.03. The second-order valence-electron chi connectivity index (χ2n) is 4.03. The summed E-state index contributed by atoms with van der Waals surface area (Å²) in [7, 11) is 0. The van der Waals surface area contributed by atoms with Gasteiger partial charge in [-0.3, -0.25) is 0 Å². The zero-order valence-corrected chi connectivity index (χ0v) is 8.50. The van der Waals surface area contributed by atoms with Gasteiger partial charge < -0.3 is 9.84 Å². The molecular weight excluding hydrogens is 180 g/mol. The number of ether oxygens (including phenoxy) is 1. The Kier molecular flexibility index (Phi) is 4.14. The van der Waals surface area contributed by atoms with E-state index >= 15 is 0 Å². The van der Waals surface area contributed by atoms with Gasteiger partial charge in [0.25, 0.3) is 0 Å². The Labute approximate surface area is 84.8 Å². The summed E-state index contributed by atoms with van der Waals surface area (Å²) in [5, 5.41) is 9.31. The van der Waals surface area contributed by atoms with Gasteiger partial charge in [-0.1, -0.05) is 25.8 Å². The van der Waals surface area contributed by atoms with Crippen molar-refractivity contribution in [1.82, 2.24) is 0 Å². The van der Waals surface area contributed by atoms with Crippen molar-refractivity contribution in [3.05, 3.63) is 12.7 Å². The number of carbonyl (C=O) groups excluding carboxylic acids is 1. The summed E-state index contributed by atoms with van der Waals surface area (Å²) in [6.45, 7) is 3.77. The smallest absolute Gasteiger partial charge is 0.330 e. The van der Waals surface area contributed by atoms with Gasteiger partial charge in [0.1, 0.15) is 0 Å². The summed E-state index contributed by atoms with van der Waals surface area (Å²) in [6.07, 6.45) is 6.52. The maximum atomic E-state index is 10.9. The van der Waals surface area contributed by atoms with Crippen molar-refractivity contribution >= 4 is 5.97 Å². The highest BCUT2D eigenvalue weighted by Gasteiger charge is 2.32. The van der Waals surface area contributed by atoms with Crippen LogP contribution in [0.25, 0.3) is 0 Å². The lowest BCUT2D eigenvalue weighted by molar-refractivity contribution is -0.143. The van der Waals surface area contributed by atoms with Crippen LogP contribution in [0.2, 0.25) is 0 Å². The van der Waals surface area contributed by atoms with Crippen LogP contribution in [0, 0.1) is 5.41 Å². The largest absolute Gasteiger partial charge is 0.462 e. The van der Waals surface area contributed by atoms with Crippen molar-refractivity contribution in [3.63, 3.8) is 0 Å². The van der Waals surface area contributed by atoms with Crippen molar-refractivity contribution in [2.75, 3.05) is 13.2 Å². The fraction of sp³-hybridized carbons (Fsp3) is 0.727. The van der Waals surface area contributed by atoms with Crippen molar-refractivity contribution in [1.29, 1.82) is 0 Å². The lowest BCUT2D eigenvalue weighted by Crippen LogP contribution is -2.34. The van der Waals surface area contributed by atoms with Crippen LogP contribution in [0.5, 0.6) is 0 Å². The Bertz CT molecular complexity index is 205. The molecule has 1 aliphatic carbocycles. The average molecular weight is 198 g/mol. The zero-order valence-electron chi connectivity index (χ0n) is 8.50. The maximum Gasteiger partial charge on any atom is 0.330 e. The lowest BCUT2D eigenvalue weighted by atomic mass is 9.75. The van der Waals surface area contributed by atoms with Gasteiger partial charge >= 0.3 is 5.97 Å². The molecule has 14 heavy (non-hydrogen) atoms. The van der Waals surface area contributed by atoms with E-state index in [0.717, 1.165) is 31.8 Å². The molecule has 80 valence electrons. The first-order valence-corrected chi connectivity index (χ1v) is 5.12. The van der Waals surface area contributed by atoms with Crippen LogP contribution in [0.3, 0.4) is 0 Å². The topological polar surface area (TPSA) is 46.5 Å². The first-order chi connectivity index (χ1) is 6.72. The molecule has 1 saturated carbocycles. The summed E-state index contributed by atoms with van der Waals surface area (Å²) < 4.78 is 5.01. The summed E-state index contributed by atoms with van der Waals surface area (Å²) in [5.74, 6) is -0.400. The molecule has 0 aliphatic heterocycles. The predicted octanol–water partition coefficient (Wildman–Crippen LogP) is 1.66. The Morgan fingerprint density at radius 1 is 1.43 bits per heavy atom. The number of carbonyl (C=O) groups is 1. The van der Waals surface area contributed by atoms with Gasteiger partial charge in [0, 0.05) is 11.5 Å². The summed E-state index contributed by atoms with van der Waals surface area (Å²) in [4.78, 5) is 10.9. The third-order valence-electron chi connectivity index (χ3n) is 2.94. The van der Waals surface area contributed by atoms with Crippen molar-refractivity contribution in [3.8, 4) is 0 Å². The molecule has 0 unspecified atom stereocenters. The van der Waals surface area contributed by atoms with Crippen LogP contribution in [0.1, 0.15) is 32.1 Å². The van der Waals surface area contributed by atoms with Crippen LogP contribution in [0.4, 0.5) is 0 Å². The predicted molar refractivity (Wildman–Crippen MR) is 53.8 cm³/mol. The minimum absolute atomic E-state index is 0.109. The molecule has 0 bridgehead atoms. The van der Waals surface area contributed by atoms with E-state index in [0.29, 0.717) is 6.61 Å². The molecule has 0 aromatic rings. The van der Waals surface area contributed by atoms with Crippen molar-refractivity contribution in [2.24, 2.45) is 5.41 Å². The standard InChI is InChI=1S/C11H18O3/c1-2-10(13)14-9-11(8-12)6-4-3-5-7-11/h2,12H,1,3-9H2.